The van der Waals surface area contributed by atoms with Crippen molar-refractivity contribution >= 4 is 5.97 Å². The molecule has 1 saturated heterocycles. The largest absolute Gasteiger partial charge is 0.481 e. The van der Waals surface area contributed by atoms with E-state index in [1.165, 1.54) is 0 Å². The number of nitrogens with zero attached hydrogens (tertiary/aromatic N) is 4. The highest BCUT2D eigenvalue weighted by atomic mass is 16.4. The van der Waals surface area contributed by atoms with Crippen LogP contribution in [0, 0.1) is 5.92 Å². The summed E-state index contributed by atoms with van der Waals surface area (Å²) in [5.41, 5.74) is 7.13. The maximum absolute atomic E-state index is 11.2. The Kier molecular flexibility index (Phi) is 3.34. The molecule has 2 atom stereocenters. The Morgan fingerprint density at radius 3 is 3.07 bits per heavy atom. The standard InChI is InChI=1S/C9H14N4O2/c1-3-4-7-5-13(2)6-9(7,8(14)15)11-12-10/h3,7H,1,4-6H2,2H3,(H,14,15)/t7-,9-/m0/s1. The van der Waals surface area contributed by atoms with Gasteiger partial charge in [0.1, 0.15) is 0 Å². The van der Waals surface area contributed by atoms with E-state index in [9.17, 15) is 9.90 Å². The molecule has 15 heavy (non-hydrogen) atoms. The van der Waals surface area contributed by atoms with Gasteiger partial charge in [0, 0.05) is 18.0 Å². The third-order valence-electron chi connectivity index (χ3n) is 2.76. The van der Waals surface area contributed by atoms with E-state index in [1.54, 1.807) is 6.08 Å². The summed E-state index contributed by atoms with van der Waals surface area (Å²) in [5, 5.41) is 12.7. The lowest BCUT2D eigenvalue weighted by Crippen LogP contribution is -2.44. The van der Waals surface area contributed by atoms with Crippen LogP contribution in [-0.2, 0) is 4.79 Å². The predicted octanol–water partition coefficient (Wildman–Crippen LogP) is 1.26. The van der Waals surface area contributed by atoms with E-state index in [-0.39, 0.29) is 12.5 Å². The molecular formula is C9H14N4O2. The third-order valence-corrected chi connectivity index (χ3v) is 2.76. The molecule has 1 fully saturated rings. The van der Waals surface area contributed by atoms with Crippen molar-refractivity contribution in [2.45, 2.75) is 12.0 Å². The molecule has 1 aliphatic rings. The van der Waals surface area contributed by atoms with Gasteiger partial charge in [0.25, 0.3) is 0 Å². The fourth-order valence-corrected chi connectivity index (χ4v) is 2.08. The van der Waals surface area contributed by atoms with Crippen molar-refractivity contribution in [3.05, 3.63) is 23.1 Å². The number of azide groups is 1. The van der Waals surface area contributed by atoms with Crippen molar-refractivity contribution in [1.29, 1.82) is 0 Å². The number of aliphatic carboxylic acids is 1. The molecule has 0 spiro atoms. The number of carboxylic acids is 1. The van der Waals surface area contributed by atoms with E-state index in [0.717, 1.165) is 0 Å². The Morgan fingerprint density at radius 2 is 2.60 bits per heavy atom. The minimum atomic E-state index is -1.34. The van der Waals surface area contributed by atoms with Gasteiger partial charge >= 0.3 is 5.97 Å². The van der Waals surface area contributed by atoms with Crippen LogP contribution in [0.2, 0.25) is 0 Å². The maximum atomic E-state index is 11.2. The number of rotatable bonds is 4. The molecule has 0 saturated carbocycles. The lowest BCUT2D eigenvalue weighted by atomic mass is 9.85. The summed E-state index contributed by atoms with van der Waals surface area (Å²) >= 11 is 0. The highest BCUT2D eigenvalue weighted by molar-refractivity contribution is 5.80. The quantitative estimate of drug-likeness (QED) is 0.328. The molecule has 0 bridgehead atoms. The minimum absolute atomic E-state index is 0.201. The molecule has 0 aromatic heterocycles. The van der Waals surface area contributed by atoms with Gasteiger partial charge < -0.3 is 10.0 Å². The van der Waals surface area contributed by atoms with Gasteiger partial charge in [-0.1, -0.05) is 11.2 Å². The summed E-state index contributed by atoms with van der Waals surface area (Å²) < 4.78 is 0. The van der Waals surface area contributed by atoms with Gasteiger partial charge in [-0.3, -0.25) is 4.79 Å². The van der Waals surface area contributed by atoms with Crippen LogP contribution in [-0.4, -0.2) is 41.7 Å². The molecule has 0 unspecified atom stereocenters. The Balaban J connectivity index is 3.07. The van der Waals surface area contributed by atoms with Crippen LogP contribution in [0.4, 0.5) is 0 Å². The molecule has 0 aliphatic carbocycles. The van der Waals surface area contributed by atoms with Crippen molar-refractivity contribution in [3.63, 3.8) is 0 Å². The summed E-state index contributed by atoms with van der Waals surface area (Å²) in [5.74, 6) is -1.26. The SMILES string of the molecule is C=CC[C@H]1CN(C)C[C@@]1(N=[N+]=[N-])C(=O)O. The number of likely N-dealkylation sites (N-methyl/N-ethyl adjacent to an activating group) is 1. The van der Waals surface area contributed by atoms with Crippen molar-refractivity contribution in [2.75, 3.05) is 20.1 Å². The molecule has 1 heterocycles. The molecule has 1 aliphatic heterocycles. The molecule has 6 heteroatoms. The number of hydrogen-bond acceptors (Lipinski definition) is 3. The number of allylic oxidation sites excluding steroid dienone is 1. The van der Waals surface area contributed by atoms with Crippen LogP contribution in [0.1, 0.15) is 6.42 Å². The first kappa shape index (κ1) is 11.6. The van der Waals surface area contributed by atoms with Crippen molar-refractivity contribution in [2.24, 2.45) is 11.0 Å². The molecule has 6 nitrogen and oxygen atoms in total. The summed E-state index contributed by atoms with van der Waals surface area (Å²) in [4.78, 5) is 15.7. The molecule has 82 valence electrons. The fourth-order valence-electron chi connectivity index (χ4n) is 2.08. The molecule has 1 rings (SSSR count). The Hall–Kier alpha value is -1.52. The van der Waals surface area contributed by atoms with Gasteiger partial charge in [-0.15, -0.1) is 6.58 Å². The summed E-state index contributed by atoms with van der Waals surface area (Å²) in [6.07, 6.45) is 2.20. The number of hydrogen-bond donors (Lipinski definition) is 1. The van der Waals surface area contributed by atoms with Gasteiger partial charge in [-0.2, -0.15) is 0 Å². The summed E-state index contributed by atoms with van der Waals surface area (Å²) in [6.45, 7) is 4.45. The Morgan fingerprint density at radius 1 is 1.93 bits per heavy atom. The lowest BCUT2D eigenvalue weighted by molar-refractivity contribution is -0.144. The van der Waals surface area contributed by atoms with Crippen LogP contribution in [0.3, 0.4) is 0 Å². The molecule has 0 aromatic rings. The number of likely N-dealkylation sites (tertiary alicyclic amines) is 1. The normalized spacial score (nSPS) is 30.9. The smallest absolute Gasteiger partial charge is 0.317 e. The van der Waals surface area contributed by atoms with E-state index >= 15 is 0 Å². The fraction of sp³-hybridized carbons (Fsp3) is 0.667. The first-order valence-electron chi connectivity index (χ1n) is 4.66. The first-order chi connectivity index (χ1) is 7.06. The molecule has 0 amide bonds. The predicted molar refractivity (Wildman–Crippen MR) is 55.3 cm³/mol. The van der Waals surface area contributed by atoms with Gasteiger partial charge in [0.2, 0.25) is 0 Å². The van der Waals surface area contributed by atoms with Crippen LogP contribution >= 0.6 is 0 Å². The van der Waals surface area contributed by atoms with Crippen LogP contribution in [0.5, 0.6) is 0 Å². The highest BCUT2D eigenvalue weighted by Crippen LogP contribution is 2.33. The van der Waals surface area contributed by atoms with Gasteiger partial charge in [-0.25, -0.2) is 0 Å². The monoisotopic (exact) mass is 210 g/mol. The lowest BCUT2D eigenvalue weighted by Gasteiger charge is -2.23. The Bertz CT molecular complexity index is 320. The van der Waals surface area contributed by atoms with Gasteiger partial charge in [0.05, 0.1) is 0 Å². The second kappa shape index (κ2) is 4.33. The van der Waals surface area contributed by atoms with Crippen molar-refractivity contribution in [1.82, 2.24) is 4.90 Å². The zero-order valence-corrected chi connectivity index (χ0v) is 8.63. The first-order valence-corrected chi connectivity index (χ1v) is 4.66. The minimum Gasteiger partial charge on any atom is -0.481 e. The summed E-state index contributed by atoms with van der Waals surface area (Å²) in [7, 11) is 1.81. The molecule has 1 N–H and O–H groups in total. The van der Waals surface area contributed by atoms with Gasteiger partial charge in [-0.05, 0) is 24.9 Å². The Labute approximate surface area is 87.8 Å². The van der Waals surface area contributed by atoms with Crippen molar-refractivity contribution < 1.29 is 9.90 Å². The zero-order valence-electron chi connectivity index (χ0n) is 8.63. The zero-order chi connectivity index (χ0) is 11.5. The van der Waals surface area contributed by atoms with E-state index in [2.05, 4.69) is 16.6 Å². The third kappa shape index (κ3) is 1.95. The van der Waals surface area contributed by atoms with Crippen LogP contribution in [0.15, 0.2) is 17.8 Å². The highest BCUT2D eigenvalue weighted by Gasteiger charge is 2.50. The average Bonchev–Trinajstić information content (AvgIpc) is 2.45. The van der Waals surface area contributed by atoms with E-state index in [0.29, 0.717) is 13.0 Å². The van der Waals surface area contributed by atoms with E-state index in [4.69, 9.17) is 5.53 Å². The molecular weight excluding hydrogens is 196 g/mol. The van der Waals surface area contributed by atoms with E-state index in [1.807, 2.05) is 11.9 Å². The average molecular weight is 210 g/mol. The second-order valence-electron chi connectivity index (χ2n) is 3.84. The van der Waals surface area contributed by atoms with Gasteiger partial charge in [0.15, 0.2) is 5.54 Å². The molecule has 0 aromatic carbocycles. The van der Waals surface area contributed by atoms with Crippen LogP contribution in [0.25, 0.3) is 10.4 Å². The second-order valence-corrected chi connectivity index (χ2v) is 3.84. The number of carboxylic acid groups (broad SMARTS) is 1. The topological polar surface area (TPSA) is 89.3 Å². The van der Waals surface area contributed by atoms with E-state index < -0.39 is 11.5 Å². The number of carbonyl (C=O) groups is 1. The maximum Gasteiger partial charge on any atom is 0.317 e. The summed E-state index contributed by atoms with van der Waals surface area (Å²) in [6, 6.07) is 0. The molecule has 0 radical (unpaired) electrons. The van der Waals surface area contributed by atoms with Crippen molar-refractivity contribution in [3.8, 4) is 0 Å². The van der Waals surface area contributed by atoms with Crippen LogP contribution < -0.4 is 0 Å².